The summed E-state index contributed by atoms with van der Waals surface area (Å²) in [6.45, 7) is 4.53. The van der Waals surface area contributed by atoms with Crippen molar-refractivity contribution in [1.82, 2.24) is 0 Å². The molecule has 0 aliphatic carbocycles. The van der Waals surface area contributed by atoms with Crippen molar-refractivity contribution in [3.05, 3.63) is 0 Å². The van der Waals surface area contributed by atoms with Gasteiger partial charge in [-0.2, -0.15) is 4.58 Å². The number of rotatable bonds is 1. The molecule has 0 saturated heterocycles. The summed E-state index contributed by atoms with van der Waals surface area (Å²) in [6, 6.07) is 0. The van der Waals surface area contributed by atoms with E-state index in [1.807, 2.05) is 0 Å². The minimum atomic E-state index is 0. The third-order valence-corrected chi connectivity index (χ3v) is 4.21. The van der Waals surface area contributed by atoms with Gasteiger partial charge >= 0.3 is 5.90 Å². The minimum absolute atomic E-state index is 0. The van der Waals surface area contributed by atoms with E-state index in [-0.39, 0.29) is 29.6 Å². The quantitative estimate of drug-likeness (QED) is 0.303. The predicted molar refractivity (Wildman–Crippen MR) is 57.2 cm³/mol. The summed E-state index contributed by atoms with van der Waals surface area (Å²) in [5.41, 5.74) is 0.0975. The molecule has 0 aromatic heterocycles. The molecule has 1 atom stereocenters. The molecule has 2 aliphatic rings. The molecule has 2 aliphatic heterocycles. The molecule has 2 rings (SSSR count). The van der Waals surface area contributed by atoms with Crippen LogP contribution in [0.4, 0.5) is 0 Å². The number of hydrogen-bond acceptors (Lipinski definition) is 1. The van der Waals surface area contributed by atoms with Crippen molar-refractivity contribution < 1.29 is 33.3 Å². The van der Waals surface area contributed by atoms with Crippen LogP contribution in [0.1, 0.15) is 26.2 Å². The van der Waals surface area contributed by atoms with E-state index in [1.54, 1.807) is 0 Å². The average Bonchev–Trinajstić information content (AvgIpc) is 2.42. The molecule has 0 saturated carbocycles. The summed E-state index contributed by atoms with van der Waals surface area (Å²) in [7, 11) is 0. The standard InChI is InChI=1S/C9H15INO.HI/c1-9(6-10)7-11-5-3-2-4-8(11)12-9;/h2-7H2,1H3;1H/q+1;/p-1. The molecule has 2 heterocycles. The summed E-state index contributed by atoms with van der Waals surface area (Å²) in [4.78, 5) is 0. The van der Waals surface area contributed by atoms with Gasteiger partial charge in [-0.1, -0.05) is 22.6 Å². The van der Waals surface area contributed by atoms with Crippen molar-refractivity contribution in [3.8, 4) is 0 Å². The lowest BCUT2D eigenvalue weighted by Gasteiger charge is -2.15. The zero-order chi connectivity index (χ0) is 8.60. The van der Waals surface area contributed by atoms with Gasteiger partial charge < -0.3 is 28.7 Å². The van der Waals surface area contributed by atoms with Gasteiger partial charge in [0.2, 0.25) is 0 Å². The maximum absolute atomic E-state index is 5.94. The summed E-state index contributed by atoms with van der Waals surface area (Å²) in [5, 5.41) is 0. The van der Waals surface area contributed by atoms with E-state index in [2.05, 4.69) is 34.1 Å². The minimum Gasteiger partial charge on any atom is -1.00 e. The Morgan fingerprint density at radius 2 is 2.31 bits per heavy atom. The maximum Gasteiger partial charge on any atom is 0.337 e. The van der Waals surface area contributed by atoms with Gasteiger partial charge in [0.15, 0.2) is 12.1 Å². The van der Waals surface area contributed by atoms with Gasteiger partial charge in [-0.15, -0.1) is 0 Å². The van der Waals surface area contributed by atoms with Crippen molar-refractivity contribution in [2.45, 2.75) is 31.8 Å². The van der Waals surface area contributed by atoms with E-state index in [0.29, 0.717) is 0 Å². The second-order valence-corrected chi connectivity index (χ2v) is 4.72. The van der Waals surface area contributed by atoms with Crippen LogP contribution >= 0.6 is 22.6 Å². The Balaban J connectivity index is 0.000000845. The van der Waals surface area contributed by atoms with Crippen molar-refractivity contribution in [2.75, 3.05) is 17.5 Å². The number of hydrogen-bond donors (Lipinski definition) is 0. The number of alkyl halides is 1. The van der Waals surface area contributed by atoms with Crippen LogP contribution in [0.5, 0.6) is 0 Å². The highest BCUT2D eigenvalue weighted by atomic mass is 127. The smallest absolute Gasteiger partial charge is 0.337 e. The van der Waals surface area contributed by atoms with E-state index in [1.165, 1.54) is 25.3 Å². The highest BCUT2D eigenvalue weighted by molar-refractivity contribution is 14.1. The van der Waals surface area contributed by atoms with E-state index >= 15 is 0 Å². The Morgan fingerprint density at radius 1 is 1.54 bits per heavy atom. The molecular formula is C9H15I2NO. The molecule has 0 aromatic carbocycles. The number of halogens is 2. The van der Waals surface area contributed by atoms with Crippen molar-refractivity contribution in [2.24, 2.45) is 0 Å². The van der Waals surface area contributed by atoms with Crippen molar-refractivity contribution in [1.29, 1.82) is 0 Å². The molecule has 4 heteroatoms. The van der Waals surface area contributed by atoms with Crippen LogP contribution in [-0.4, -0.2) is 33.6 Å². The highest BCUT2D eigenvalue weighted by Crippen LogP contribution is 2.25. The molecule has 0 radical (unpaired) electrons. The van der Waals surface area contributed by atoms with Crippen LogP contribution in [0.2, 0.25) is 0 Å². The molecule has 2 nitrogen and oxygen atoms in total. The van der Waals surface area contributed by atoms with Crippen LogP contribution in [-0.2, 0) is 4.74 Å². The van der Waals surface area contributed by atoms with Crippen molar-refractivity contribution >= 4 is 28.5 Å². The first kappa shape index (κ1) is 12.0. The Kier molecular flexibility index (Phi) is 4.28. The topological polar surface area (TPSA) is 12.2 Å². The fraction of sp³-hybridized carbons (Fsp3) is 0.889. The van der Waals surface area contributed by atoms with Crippen LogP contribution in [0.15, 0.2) is 0 Å². The molecule has 76 valence electrons. The van der Waals surface area contributed by atoms with Gasteiger partial charge in [0.25, 0.3) is 0 Å². The van der Waals surface area contributed by atoms with Crippen LogP contribution in [0.25, 0.3) is 0 Å². The van der Waals surface area contributed by atoms with Crippen LogP contribution in [0, 0.1) is 0 Å². The predicted octanol–water partition coefficient (Wildman–Crippen LogP) is -1.19. The fourth-order valence-electron chi connectivity index (χ4n) is 1.93. The lowest BCUT2D eigenvalue weighted by atomic mass is 10.1. The van der Waals surface area contributed by atoms with Gasteiger partial charge in [-0.25, -0.2) is 0 Å². The van der Waals surface area contributed by atoms with Gasteiger partial charge in [0, 0.05) is 10.8 Å². The SMILES string of the molecule is CC1(CI)C[N+]2=C(CCCC2)O1.[I-]. The second-order valence-electron chi connectivity index (χ2n) is 3.96. The van der Waals surface area contributed by atoms with Crippen molar-refractivity contribution in [3.63, 3.8) is 0 Å². The van der Waals surface area contributed by atoms with Gasteiger partial charge in [0.1, 0.15) is 6.54 Å². The third kappa shape index (κ3) is 2.49. The summed E-state index contributed by atoms with van der Waals surface area (Å²) in [6.07, 6.45) is 3.81. The monoisotopic (exact) mass is 407 g/mol. The van der Waals surface area contributed by atoms with E-state index in [0.717, 1.165) is 17.4 Å². The zero-order valence-corrected chi connectivity index (χ0v) is 12.2. The van der Waals surface area contributed by atoms with E-state index < -0.39 is 0 Å². The van der Waals surface area contributed by atoms with Gasteiger partial charge in [0.05, 0.1) is 6.42 Å². The summed E-state index contributed by atoms with van der Waals surface area (Å²) in [5.74, 6) is 1.25. The molecule has 0 N–H and O–H groups in total. The molecule has 0 spiro atoms. The molecule has 0 aromatic rings. The first-order valence-electron chi connectivity index (χ1n) is 4.59. The Bertz CT molecular complexity index is 210. The average molecular weight is 407 g/mol. The van der Waals surface area contributed by atoms with E-state index in [9.17, 15) is 0 Å². The summed E-state index contributed by atoms with van der Waals surface area (Å²) < 4.78 is 9.44. The normalized spacial score (nSPS) is 32.2. The second kappa shape index (κ2) is 4.63. The summed E-state index contributed by atoms with van der Waals surface area (Å²) >= 11 is 2.41. The Morgan fingerprint density at radius 3 is 2.92 bits per heavy atom. The lowest BCUT2D eigenvalue weighted by Crippen LogP contribution is -3.00. The largest absolute Gasteiger partial charge is 1.00 e. The molecule has 13 heavy (non-hydrogen) atoms. The molecule has 1 unspecified atom stereocenters. The molecule has 0 fully saturated rings. The van der Waals surface area contributed by atoms with Gasteiger partial charge in [-0.05, 0) is 13.3 Å². The first-order valence-corrected chi connectivity index (χ1v) is 6.12. The van der Waals surface area contributed by atoms with E-state index in [4.69, 9.17) is 4.74 Å². The third-order valence-electron chi connectivity index (χ3n) is 2.59. The molecular weight excluding hydrogens is 392 g/mol. The zero-order valence-electron chi connectivity index (χ0n) is 7.85. The number of ether oxygens (including phenoxy) is 1. The number of nitrogens with zero attached hydrogens (tertiary/aromatic N) is 1. The first-order chi connectivity index (χ1) is 5.73. The fourth-order valence-corrected chi connectivity index (χ4v) is 2.33. The van der Waals surface area contributed by atoms with Gasteiger partial charge in [-0.3, -0.25) is 0 Å². The van der Waals surface area contributed by atoms with Crippen LogP contribution in [0.3, 0.4) is 0 Å². The lowest BCUT2D eigenvalue weighted by molar-refractivity contribution is -0.529. The highest BCUT2D eigenvalue weighted by Gasteiger charge is 2.42. The Labute approximate surface area is 110 Å². The molecule has 0 bridgehead atoms. The maximum atomic E-state index is 5.94. The molecule has 0 amide bonds. The Hall–Kier alpha value is 0.930. The van der Waals surface area contributed by atoms with Crippen LogP contribution < -0.4 is 24.0 Å².